The summed E-state index contributed by atoms with van der Waals surface area (Å²) in [7, 11) is 6.10. The van der Waals surface area contributed by atoms with Gasteiger partial charge in [0.25, 0.3) is 0 Å². The standard InChI is InChI=1S/C20H29N5O3S2/c1-15(26)22-17-13-29-14-19(17)30(27)16-11-18(28-10-9-23(2)3)20(21-12-16)25-7-5-24(4)6-8-25/h11-14H,5-10H2,1-4H3,(H,22,26). The lowest BCUT2D eigenvalue weighted by Gasteiger charge is -2.34. The third-order valence-electron chi connectivity index (χ3n) is 4.76. The quantitative estimate of drug-likeness (QED) is 0.614. The van der Waals surface area contributed by atoms with Gasteiger partial charge < -0.3 is 29.3 Å². The first-order valence-corrected chi connectivity index (χ1v) is 11.9. The molecular weight excluding hydrogens is 422 g/mol. The highest BCUT2D eigenvalue weighted by Crippen LogP contribution is 2.35. The monoisotopic (exact) mass is 451 g/mol. The summed E-state index contributed by atoms with van der Waals surface area (Å²) in [4.78, 5) is 23.8. The Kier molecular flexibility index (Phi) is 7.95. The van der Waals surface area contributed by atoms with Crippen LogP contribution in [0.1, 0.15) is 6.92 Å². The topological polar surface area (TPSA) is 84.0 Å². The lowest BCUT2D eigenvalue weighted by molar-refractivity contribution is -0.114. The van der Waals surface area contributed by atoms with Crippen LogP contribution in [0, 0.1) is 0 Å². The molecule has 1 amide bonds. The molecule has 1 N–H and O–H groups in total. The van der Waals surface area contributed by atoms with Gasteiger partial charge >= 0.3 is 0 Å². The highest BCUT2D eigenvalue weighted by atomic mass is 32.2. The van der Waals surface area contributed by atoms with Crippen LogP contribution in [0.25, 0.3) is 0 Å². The number of piperazine rings is 1. The maximum Gasteiger partial charge on any atom is 0.221 e. The maximum absolute atomic E-state index is 13.2. The molecule has 1 unspecified atom stereocenters. The molecule has 1 aliphatic heterocycles. The Hall–Kier alpha value is -1.85. The fourth-order valence-electron chi connectivity index (χ4n) is 3.06. The molecule has 0 spiro atoms. The van der Waals surface area contributed by atoms with Gasteiger partial charge in [-0.15, -0.1) is 11.3 Å². The minimum Gasteiger partial charge on any atom is -0.606 e. The molecule has 3 rings (SSSR count). The van der Waals surface area contributed by atoms with E-state index in [0.717, 1.165) is 38.5 Å². The summed E-state index contributed by atoms with van der Waals surface area (Å²) in [5.74, 6) is 1.24. The fraction of sp³-hybridized carbons (Fsp3) is 0.500. The molecule has 30 heavy (non-hydrogen) atoms. The Morgan fingerprint density at radius 3 is 2.73 bits per heavy atom. The highest BCUT2D eigenvalue weighted by molar-refractivity contribution is 7.91. The Bertz CT molecular complexity index is 853. The van der Waals surface area contributed by atoms with Gasteiger partial charge in [-0.05, 0) is 21.1 Å². The summed E-state index contributed by atoms with van der Waals surface area (Å²) in [5.41, 5.74) is 0.573. The van der Waals surface area contributed by atoms with Gasteiger partial charge in [-0.2, -0.15) is 0 Å². The van der Waals surface area contributed by atoms with Crippen molar-refractivity contribution in [1.82, 2.24) is 14.8 Å². The first kappa shape index (κ1) is 22.8. The summed E-state index contributed by atoms with van der Waals surface area (Å²) in [6.45, 7) is 6.38. The highest BCUT2D eigenvalue weighted by Gasteiger charge is 2.26. The number of hydrogen-bond acceptors (Lipinski definition) is 8. The second kappa shape index (κ2) is 10.5. The lowest BCUT2D eigenvalue weighted by atomic mass is 10.3. The van der Waals surface area contributed by atoms with Crippen LogP contribution in [-0.4, -0.2) is 85.7 Å². The zero-order chi connectivity index (χ0) is 21.7. The van der Waals surface area contributed by atoms with Gasteiger partial charge in [-0.25, -0.2) is 4.98 Å². The Morgan fingerprint density at radius 1 is 1.33 bits per heavy atom. The number of hydrogen-bond donors (Lipinski definition) is 1. The number of amides is 1. The number of nitrogens with one attached hydrogen (secondary N) is 1. The molecule has 164 valence electrons. The van der Waals surface area contributed by atoms with Crippen molar-refractivity contribution < 1.29 is 14.1 Å². The van der Waals surface area contributed by atoms with E-state index in [1.807, 2.05) is 20.2 Å². The predicted molar refractivity (Wildman–Crippen MR) is 121 cm³/mol. The smallest absolute Gasteiger partial charge is 0.221 e. The number of nitrogens with zero attached hydrogens (tertiary/aromatic N) is 4. The Labute approximate surface area is 185 Å². The minimum atomic E-state index is -1.47. The fourth-order valence-corrected chi connectivity index (χ4v) is 5.22. The molecular formula is C20H29N5O3S2. The molecule has 8 nitrogen and oxygen atoms in total. The normalized spacial score (nSPS) is 16.0. The van der Waals surface area contributed by atoms with E-state index < -0.39 is 11.2 Å². The van der Waals surface area contributed by atoms with Crippen molar-refractivity contribution in [2.75, 3.05) is 70.7 Å². The van der Waals surface area contributed by atoms with Crippen molar-refractivity contribution in [2.24, 2.45) is 0 Å². The molecule has 0 radical (unpaired) electrons. The first-order chi connectivity index (χ1) is 14.3. The molecule has 1 fully saturated rings. The molecule has 1 aliphatic rings. The van der Waals surface area contributed by atoms with Crippen molar-refractivity contribution in [2.45, 2.75) is 16.7 Å². The van der Waals surface area contributed by atoms with E-state index in [0.29, 0.717) is 27.8 Å². The second-order valence-electron chi connectivity index (χ2n) is 7.53. The van der Waals surface area contributed by atoms with E-state index in [2.05, 4.69) is 32.0 Å². The van der Waals surface area contributed by atoms with E-state index >= 15 is 0 Å². The summed E-state index contributed by atoms with van der Waals surface area (Å²) < 4.78 is 19.3. The Balaban J connectivity index is 1.86. The molecule has 0 bridgehead atoms. The van der Waals surface area contributed by atoms with Gasteiger partial charge in [0.2, 0.25) is 5.91 Å². The lowest BCUT2D eigenvalue weighted by Crippen LogP contribution is -2.45. The SMILES string of the molecule is CC(=O)Nc1cscc1[S+]([O-])c1cnc(N2CCN(C)CC2)c(OCCN(C)C)c1. The van der Waals surface area contributed by atoms with Crippen LogP contribution >= 0.6 is 11.3 Å². The molecule has 1 saturated heterocycles. The van der Waals surface area contributed by atoms with Crippen molar-refractivity contribution in [3.05, 3.63) is 23.0 Å². The van der Waals surface area contributed by atoms with Crippen LogP contribution < -0.4 is 15.0 Å². The van der Waals surface area contributed by atoms with E-state index in [4.69, 9.17) is 4.74 Å². The van der Waals surface area contributed by atoms with Gasteiger partial charge in [-0.3, -0.25) is 4.79 Å². The number of pyridine rings is 1. The number of ether oxygens (including phenoxy) is 1. The van der Waals surface area contributed by atoms with Gasteiger partial charge in [0.1, 0.15) is 12.3 Å². The number of rotatable bonds is 8. The predicted octanol–water partition coefficient (Wildman–Crippen LogP) is 1.96. The second-order valence-corrected chi connectivity index (χ2v) is 9.73. The molecule has 10 heteroatoms. The number of likely N-dealkylation sites (N-methyl/N-ethyl adjacent to an activating group) is 2. The third kappa shape index (κ3) is 5.86. The van der Waals surface area contributed by atoms with Gasteiger partial charge in [0.05, 0.1) is 6.20 Å². The van der Waals surface area contributed by atoms with E-state index in [-0.39, 0.29) is 5.91 Å². The van der Waals surface area contributed by atoms with E-state index in [1.165, 1.54) is 18.3 Å². The van der Waals surface area contributed by atoms with Gasteiger partial charge in [-0.1, -0.05) is 0 Å². The van der Waals surface area contributed by atoms with Crippen molar-refractivity contribution in [3.63, 3.8) is 0 Å². The van der Waals surface area contributed by atoms with Crippen LogP contribution in [0.2, 0.25) is 0 Å². The number of anilines is 2. The number of carbonyl (C=O) groups is 1. The minimum absolute atomic E-state index is 0.192. The molecule has 3 heterocycles. The first-order valence-electron chi connectivity index (χ1n) is 9.81. The number of aromatic nitrogens is 1. The molecule has 1 atom stereocenters. The van der Waals surface area contributed by atoms with E-state index in [9.17, 15) is 9.35 Å². The zero-order valence-corrected chi connectivity index (χ0v) is 19.5. The van der Waals surface area contributed by atoms with Crippen LogP contribution in [0.15, 0.2) is 32.8 Å². The van der Waals surface area contributed by atoms with Crippen molar-refractivity contribution >= 4 is 39.9 Å². The summed E-state index contributed by atoms with van der Waals surface area (Å²) in [6.07, 6.45) is 1.65. The average Bonchev–Trinajstić information content (AvgIpc) is 3.15. The molecule has 2 aromatic rings. The van der Waals surface area contributed by atoms with Gasteiger partial charge in [0.15, 0.2) is 21.4 Å². The van der Waals surface area contributed by atoms with Crippen LogP contribution in [-0.2, 0) is 16.0 Å². The summed E-state index contributed by atoms with van der Waals surface area (Å²) in [5, 5.41) is 6.32. The van der Waals surface area contributed by atoms with Gasteiger partial charge in [0, 0.05) is 67.6 Å². The molecule has 2 aromatic heterocycles. The number of carbonyl (C=O) groups excluding carboxylic acids is 1. The van der Waals surface area contributed by atoms with Crippen LogP contribution in [0.3, 0.4) is 0 Å². The Morgan fingerprint density at radius 2 is 2.07 bits per heavy atom. The zero-order valence-electron chi connectivity index (χ0n) is 17.9. The third-order valence-corrected chi connectivity index (χ3v) is 7.04. The average molecular weight is 452 g/mol. The van der Waals surface area contributed by atoms with Crippen molar-refractivity contribution in [1.29, 1.82) is 0 Å². The maximum atomic E-state index is 13.2. The largest absolute Gasteiger partial charge is 0.606 e. The van der Waals surface area contributed by atoms with Crippen LogP contribution in [0.5, 0.6) is 5.75 Å². The molecule has 0 saturated carbocycles. The van der Waals surface area contributed by atoms with Crippen LogP contribution in [0.4, 0.5) is 11.5 Å². The summed E-state index contributed by atoms with van der Waals surface area (Å²) in [6, 6.07) is 1.82. The molecule has 0 aliphatic carbocycles. The summed E-state index contributed by atoms with van der Waals surface area (Å²) >= 11 is -0.0704. The van der Waals surface area contributed by atoms with E-state index in [1.54, 1.807) is 17.0 Å². The van der Waals surface area contributed by atoms with Crippen molar-refractivity contribution in [3.8, 4) is 5.75 Å². The molecule has 0 aromatic carbocycles. The number of thiophene rings is 1.